The molecule has 1 fully saturated rings. The molecular formula is C8H11N3O2. The Morgan fingerprint density at radius 1 is 1.62 bits per heavy atom. The zero-order valence-corrected chi connectivity index (χ0v) is 7.12. The monoisotopic (exact) mass is 181 g/mol. The summed E-state index contributed by atoms with van der Waals surface area (Å²) in [5.41, 5.74) is -0.140. The average molecular weight is 181 g/mol. The summed E-state index contributed by atoms with van der Waals surface area (Å²) in [6.07, 6.45) is 1.37. The van der Waals surface area contributed by atoms with Gasteiger partial charge in [0.2, 0.25) is 0 Å². The van der Waals surface area contributed by atoms with Gasteiger partial charge < -0.3 is 15.0 Å². The van der Waals surface area contributed by atoms with Crippen LogP contribution < -0.4 is 10.9 Å². The average Bonchev–Trinajstić information content (AvgIpc) is 2.19. The van der Waals surface area contributed by atoms with E-state index in [1.807, 2.05) is 0 Å². The van der Waals surface area contributed by atoms with Crippen LogP contribution in [0.5, 0.6) is 0 Å². The molecule has 1 aliphatic heterocycles. The van der Waals surface area contributed by atoms with Crippen LogP contribution in [0.4, 0.5) is 0 Å². The van der Waals surface area contributed by atoms with Crippen LogP contribution in [0.1, 0.15) is 11.9 Å². The summed E-state index contributed by atoms with van der Waals surface area (Å²) in [7, 11) is 0. The Labute approximate surface area is 75.1 Å². The van der Waals surface area contributed by atoms with Gasteiger partial charge in [0.05, 0.1) is 6.61 Å². The molecule has 0 radical (unpaired) electrons. The number of ether oxygens (including phenoxy) is 1. The van der Waals surface area contributed by atoms with E-state index in [-0.39, 0.29) is 11.7 Å². The Hall–Kier alpha value is -1.20. The number of aromatic nitrogens is 2. The van der Waals surface area contributed by atoms with E-state index >= 15 is 0 Å². The highest BCUT2D eigenvalue weighted by Gasteiger charge is 2.17. The van der Waals surface area contributed by atoms with Crippen LogP contribution >= 0.6 is 0 Å². The largest absolute Gasteiger partial charge is 0.368 e. The molecule has 70 valence electrons. The molecule has 0 aliphatic carbocycles. The number of nitrogens with zero attached hydrogens (tertiary/aromatic N) is 1. The van der Waals surface area contributed by atoms with Crippen molar-refractivity contribution in [3.05, 3.63) is 28.4 Å². The van der Waals surface area contributed by atoms with Crippen molar-refractivity contribution in [1.29, 1.82) is 0 Å². The van der Waals surface area contributed by atoms with Crippen molar-refractivity contribution >= 4 is 0 Å². The first-order valence-electron chi connectivity index (χ1n) is 4.24. The quantitative estimate of drug-likeness (QED) is 0.609. The van der Waals surface area contributed by atoms with E-state index in [1.54, 1.807) is 0 Å². The lowest BCUT2D eigenvalue weighted by Crippen LogP contribution is -2.34. The minimum absolute atomic E-state index is 0.123. The highest BCUT2D eigenvalue weighted by atomic mass is 16.5. The molecule has 2 rings (SSSR count). The molecule has 5 heteroatoms. The molecule has 1 atom stereocenters. The molecule has 1 unspecified atom stereocenters. The van der Waals surface area contributed by atoms with E-state index in [9.17, 15) is 4.79 Å². The molecule has 5 nitrogen and oxygen atoms in total. The molecular weight excluding hydrogens is 170 g/mol. The van der Waals surface area contributed by atoms with Crippen molar-refractivity contribution < 1.29 is 4.74 Å². The summed E-state index contributed by atoms with van der Waals surface area (Å²) in [5.74, 6) is 0.597. The molecule has 2 heterocycles. The Morgan fingerprint density at radius 2 is 2.54 bits per heavy atom. The Morgan fingerprint density at radius 3 is 3.23 bits per heavy atom. The predicted molar refractivity (Wildman–Crippen MR) is 46.4 cm³/mol. The fourth-order valence-electron chi connectivity index (χ4n) is 1.29. The Kier molecular flexibility index (Phi) is 2.37. The van der Waals surface area contributed by atoms with E-state index in [1.165, 1.54) is 12.3 Å². The van der Waals surface area contributed by atoms with Crippen molar-refractivity contribution in [3.63, 3.8) is 0 Å². The first-order valence-corrected chi connectivity index (χ1v) is 4.24. The van der Waals surface area contributed by atoms with Crippen LogP contribution in [-0.4, -0.2) is 29.7 Å². The van der Waals surface area contributed by atoms with Gasteiger partial charge in [-0.2, -0.15) is 0 Å². The van der Waals surface area contributed by atoms with Crippen LogP contribution in [0.25, 0.3) is 0 Å². The summed E-state index contributed by atoms with van der Waals surface area (Å²) in [5, 5.41) is 3.17. The first-order chi connectivity index (χ1) is 6.36. The molecule has 0 saturated carbocycles. The fourth-order valence-corrected chi connectivity index (χ4v) is 1.29. The Balaban J connectivity index is 2.19. The summed E-state index contributed by atoms with van der Waals surface area (Å²) in [4.78, 5) is 17.6. The normalized spacial score (nSPS) is 22.9. The standard InChI is InChI=1S/C8H11N3O2/c12-7-1-2-10-8(11-7)6-5-9-3-4-13-6/h1-2,6,9H,3-5H2,(H,10,11,12). The lowest BCUT2D eigenvalue weighted by Gasteiger charge is -2.22. The minimum atomic E-state index is -0.140. The summed E-state index contributed by atoms with van der Waals surface area (Å²) in [6, 6.07) is 1.39. The van der Waals surface area contributed by atoms with E-state index < -0.39 is 0 Å². The van der Waals surface area contributed by atoms with Crippen LogP contribution in [-0.2, 0) is 4.74 Å². The van der Waals surface area contributed by atoms with Gasteiger partial charge >= 0.3 is 0 Å². The molecule has 13 heavy (non-hydrogen) atoms. The van der Waals surface area contributed by atoms with Crippen LogP contribution in [0, 0.1) is 0 Å². The van der Waals surface area contributed by atoms with Gasteiger partial charge in [-0.1, -0.05) is 0 Å². The van der Waals surface area contributed by atoms with Gasteiger partial charge in [0.1, 0.15) is 11.9 Å². The van der Waals surface area contributed by atoms with Gasteiger partial charge in [-0.05, 0) is 0 Å². The summed E-state index contributed by atoms with van der Waals surface area (Å²) in [6.45, 7) is 2.21. The van der Waals surface area contributed by atoms with Crippen molar-refractivity contribution in [3.8, 4) is 0 Å². The van der Waals surface area contributed by atoms with E-state index in [0.717, 1.165) is 6.54 Å². The van der Waals surface area contributed by atoms with Gasteiger partial charge in [0, 0.05) is 25.4 Å². The molecule has 1 saturated heterocycles. The lowest BCUT2D eigenvalue weighted by molar-refractivity contribution is 0.0220. The summed E-state index contributed by atoms with van der Waals surface area (Å²) < 4.78 is 5.42. The smallest absolute Gasteiger partial charge is 0.250 e. The third kappa shape index (κ3) is 1.93. The zero-order chi connectivity index (χ0) is 9.10. The second-order valence-corrected chi connectivity index (χ2v) is 2.88. The topological polar surface area (TPSA) is 67.0 Å². The van der Waals surface area contributed by atoms with E-state index in [0.29, 0.717) is 19.0 Å². The third-order valence-electron chi connectivity index (χ3n) is 1.92. The first kappa shape index (κ1) is 8.40. The second-order valence-electron chi connectivity index (χ2n) is 2.88. The highest BCUT2D eigenvalue weighted by molar-refractivity contribution is 4.95. The zero-order valence-electron chi connectivity index (χ0n) is 7.12. The molecule has 0 aromatic carbocycles. The number of morpholine rings is 1. The molecule has 0 amide bonds. The number of rotatable bonds is 1. The summed E-state index contributed by atoms with van der Waals surface area (Å²) >= 11 is 0. The molecule has 2 N–H and O–H groups in total. The number of hydrogen-bond donors (Lipinski definition) is 2. The van der Waals surface area contributed by atoms with Crippen LogP contribution in [0.15, 0.2) is 17.1 Å². The van der Waals surface area contributed by atoms with Crippen molar-refractivity contribution in [2.45, 2.75) is 6.10 Å². The number of aromatic amines is 1. The number of hydrogen-bond acceptors (Lipinski definition) is 4. The van der Waals surface area contributed by atoms with Gasteiger partial charge in [-0.25, -0.2) is 4.98 Å². The maximum absolute atomic E-state index is 11.0. The maximum atomic E-state index is 11.0. The highest BCUT2D eigenvalue weighted by Crippen LogP contribution is 2.11. The second kappa shape index (κ2) is 3.68. The van der Waals surface area contributed by atoms with Crippen molar-refractivity contribution in [2.24, 2.45) is 0 Å². The van der Waals surface area contributed by atoms with Gasteiger partial charge in [0.25, 0.3) is 5.56 Å². The maximum Gasteiger partial charge on any atom is 0.250 e. The lowest BCUT2D eigenvalue weighted by atomic mass is 10.3. The van der Waals surface area contributed by atoms with Crippen molar-refractivity contribution in [1.82, 2.24) is 15.3 Å². The molecule has 1 aromatic heterocycles. The molecule has 1 aliphatic rings. The predicted octanol–water partition coefficient (Wildman–Crippen LogP) is -0.569. The third-order valence-corrected chi connectivity index (χ3v) is 1.92. The van der Waals surface area contributed by atoms with Gasteiger partial charge in [-0.3, -0.25) is 4.79 Å². The van der Waals surface area contributed by atoms with Crippen molar-refractivity contribution in [2.75, 3.05) is 19.7 Å². The molecule has 1 aromatic rings. The molecule has 0 spiro atoms. The van der Waals surface area contributed by atoms with Gasteiger partial charge in [-0.15, -0.1) is 0 Å². The van der Waals surface area contributed by atoms with Crippen LogP contribution in [0.3, 0.4) is 0 Å². The van der Waals surface area contributed by atoms with Crippen LogP contribution in [0.2, 0.25) is 0 Å². The van der Waals surface area contributed by atoms with Gasteiger partial charge in [0.15, 0.2) is 0 Å². The molecule has 0 bridgehead atoms. The number of H-pyrrole nitrogens is 1. The number of nitrogens with one attached hydrogen (secondary N) is 2. The minimum Gasteiger partial charge on any atom is -0.368 e. The van der Waals surface area contributed by atoms with E-state index in [4.69, 9.17) is 4.74 Å². The SMILES string of the molecule is O=c1ccnc(C2CNCCO2)[nH]1. The Bertz CT molecular complexity index is 330. The fraction of sp³-hybridized carbons (Fsp3) is 0.500. The van der Waals surface area contributed by atoms with E-state index in [2.05, 4.69) is 15.3 Å².